The molecule has 4 rings (SSSR count). The van der Waals surface area contributed by atoms with E-state index in [2.05, 4.69) is 5.10 Å². The smallest absolute Gasteiger partial charge is 0.257 e. The topological polar surface area (TPSA) is 84.7 Å². The van der Waals surface area contributed by atoms with Crippen LogP contribution in [-0.2, 0) is 10.0 Å². The molecule has 2 aromatic carbocycles. The zero-order valence-corrected chi connectivity index (χ0v) is 19.3. The highest BCUT2D eigenvalue weighted by atomic mass is 32.2. The van der Waals surface area contributed by atoms with Gasteiger partial charge in [-0.15, -0.1) is 0 Å². The Hall–Kier alpha value is -3.24. The van der Waals surface area contributed by atoms with E-state index in [1.165, 1.54) is 34.8 Å². The molecule has 0 spiro atoms. The summed E-state index contributed by atoms with van der Waals surface area (Å²) in [6, 6.07) is 12.2. The van der Waals surface area contributed by atoms with Crippen LogP contribution >= 0.6 is 0 Å². The van der Waals surface area contributed by atoms with Gasteiger partial charge in [-0.25, -0.2) is 17.5 Å². The molecule has 3 aromatic rings. The number of ether oxygens (including phenoxy) is 1. The van der Waals surface area contributed by atoms with E-state index in [1.54, 1.807) is 40.8 Å². The normalized spacial score (nSPS) is 14.9. The van der Waals surface area contributed by atoms with Gasteiger partial charge in [0.05, 0.1) is 34.6 Å². The Balaban J connectivity index is 1.43. The number of sulfonamides is 1. The minimum Gasteiger partial charge on any atom is -0.494 e. The molecule has 0 N–H and O–H groups in total. The van der Waals surface area contributed by atoms with Gasteiger partial charge >= 0.3 is 0 Å². The molecule has 8 nitrogen and oxygen atoms in total. The molecule has 33 heavy (non-hydrogen) atoms. The maximum absolute atomic E-state index is 13.2. The minimum absolute atomic E-state index is 0.196. The third kappa shape index (κ3) is 4.62. The largest absolute Gasteiger partial charge is 0.494 e. The molecule has 0 atom stereocenters. The first-order valence-corrected chi connectivity index (χ1v) is 12.1. The van der Waals surface area contributed by atoms with Crippen LogP contribution in [0.15, 0.2) is 59.6 Å². The van der Waals surface area contributed by atoms with Gasteiger partial charge in [-0.3, -0.25) is 4.79 Å². The molecule has 1 aliphatic heterocycles. The number of carbonyl (C=O) groups is 1. The van der Waals surface area contributed by atoms with Crippen molar-refractivity contribution >= 4 is 15.9 Å². The standard InChI is InChI=1S/C23H25FN4O4S/c1-3-32-20-8-10-21(11-9-20)33(30,31)27-14-12-26(13-15-27)23(29)22-16-25-28(17(22)2)19-6-4-18(24)5-7-19/h4-11,16H,3,12-15H2,1-2H3. The minimum atomic E-state index is -3.66. The van der Waals surface area contributed by atoms with Crippen molar-refractivity contribution in [2.45, 2.75) is 18.7 Å². The molecular weight excluding hydrogens is 447 g/mol. The molecule has 1 aromatic heterocycles. The number of halogens is 1. The summed E-state index contributed by atoms with van der Waals surface area (Å²) in [5, 5.41) is 4.28. The zero-order chi connectivity index (χ0) is 23.6. The molecule has 2 heterocycles. The fourth-order valence-corrected chi connectivity index (χ4v) is 5.21. The maximum atomic E-state index is 13.2. The van der Waals surface area contributed by atoms with Crippen molar-refractivity contribution < 1.29 is 22.3 Å². The highest BCUT2D eigenvalue weighted by Gasteiger charge is 2.31. The first kappa shape index (κ1) is 22.9. The Morgan fingerprint density at radius 2 is 1.67 bits per heavy atom. The zero-order valence-electron chi connectivity index (χ0n) is 18.4. The van der Waals surface area contributed by atoms with Crippen LogP contribution in [0.4, 0.5) is 4.39 Å². The Morgan fingerprint density at radius 1 is 1.03 bits per heavy atom. The fourth-order valence-electron chi connectivity index (χ4n) is 3.79. The van der Waals surface area contributed by atoms with E-state index in [0.717, 1.165) is 0 Å². The average Bonchev–Trinajstić information content (AvgIpc) is 3.21. The fraction of sp³-hybridized carbons (Fsp3) is 0.304. The first-order chi connectivity index (χ1) is 15.8. The summed E-state index contributed by atoms with van der Waals surface area (Å²) in [7, 11) is -3.66. The number of amides is 1. The molecule has 174 valence electrons. The van der Waals surface area contributed by atoms with E-state index in [9.17, 15) is 17.6 Å². The van der Waals surface area contributed by atoms with Crippen molar-refractivity contribution in [3.8, 4) is 11.4 Å². The first-order valence-electron chi connectivity index (χ1n) is 10.6. The number of nitrogens with zero attached hydrogens (tertiary/aromatic N) is 4. The Morgan fingerprint density at radius 3 is 2.27 bits per heavy atom. The third-order valence-electron chi connectivity index (χ3n) is 5.61. The van der Waals surface area contributed by atoms with Crippen LogP contribution in [0, 0.1) is 12.7 Å². The maximum Gasteiger partial charge on any atom is 0.257 e. The number of benzene rings is 2. The molecular formula is C23H25FN4O4S. The van der Waals surface area contributed by atoms with Gasteiger partial charge in [-0.2, -0.15) is 9.40 Å². The number of piperazine rings is 1. The van der Waals surface area contributed by atoms with Gasteiger partial charge < -0.3 is 9.64 Å². The lowest BCUT2D eigenvalue weighted by Crippen LogP contribution is -2.50. The summed E-state index contributed by atoms with van der Waals surface area (Å²) in [6.45, 7) is 5.09. The molecule has 0 saturated carbocycles. The van der Waals surface area contributed by atoms with Crippen molar-refractivity contribution in [2.24, 2.45) is 0 Å². The number of hydrogen-bond acceptors (Lipinski definition) is 5. The second-order valence-electron chi connectivity index (χ2n) is 7.63. The van der Waals surface area contributed by atoms with Crippen molar-refractivity contribution in [1.82, 2.24) is 19.0 Å². The predicted molar refractivity (Wildman–Crippen MR) is 121 cm³/mol. The SMILES string of the molecule is CCOc1ccc(S(=O)(=O)N2CCN(C(=O)c3cnn(-c4ccc(F)cc4)c3C)CC2)cc1. The van der Waals surface area contributed by atoms with Gasteiger partial charge in [0.2, 0.25) is 10.0 Å². The van der Waals surface area contributed by atoms with Gasteiger partial charge in [-0.1, -0.05) is 0 Å². The van der Waals surface area contributed by atoms with E-state index in [0.29, 0.717) is 29.3 Å². The number of aromatic nitrogens is 2. The van der Waals surface area contributed by atoms with Gasteiger partial charge in [0.25, 0.3) is 5.91 Å². The Kier molecular flexibility index (Phi) is 6.48. The summed E-state index contributed by atoms with van der Waals surface area (Å²) >= 11 is 0. The van der Waals surface area contributed by atoms with Crippen LogP contribution in [0.5, 0.6) is 5.75 Å². The molecule has 1 fully saturated rings. The lowest BCUT2D eigenvalue weighted by Gasteiger charge is -2.34. The summed E-state index contributed by atoms with van der Waals surface area (Å²) < 4.78 is 47.5. The van der Waals surface area contributed by atoms with Crippen LogP contribution in [0.25, 0.3) is 5.69 Å². The van der Waals surface area contributed by atoms with Crippen molar-refractivity contribution in [3.05, 3.63) is 71.8 Å². The van der Waals surface area contributed by atoms with Crippen LogP contribution < -0.4 is 4.74 Å². The van der Waals surface area contributed by atoms with Gasteiger partial charge in [-0.05, 0) is 62.4 Å². The summed E-state index contributed by atoms with van der Waals surface area (Å²) in [5.41, 5.74) is 1.72. The molecule has 10 heteroatoms. The molecule has 0 aliphatic carbocycles. The monoisotopic (exact) mass is 472 g/mol. The summed E-state index contributed by atoms with van der Waals surface area (Å²) in [6.07, 6.45) is 1.49. The van der Waals surface area contributed by atoms with Crippen LogP contribution in [0.3, 0.4) is 0 Å². The van der Waals surface area contributed by atoms with E-state index >= 15 is 0 Å². The van der Waals surface area contributed by atoms with E-state index < -0.39 is 10.0 Å². The van der Waals surface area contributed by atoms with E-state index in [1.807, 2.05) is 6.92 Å². The summed E-state index contributed by atoms with van der Waals surface area (Å²) in [4.78, 5) is 14.9. The quantitative estimate of drug-likeness (QED) is 0.551. The molecule has 0 bridgehead atoms. The average molecular weight is 473 g/mol. The molecule has 1 aliphatic rings. The molecule has 1 amide bonds. The second kappa shape index (κ2) is 9.32. The highest BCUT2D eigenvalue weighted by Crippen LogP contribution is 2.22. The van der Waals surface area contributed by atoms with Crippen molar-refractivity contribution in [2.75, 3.05) is 32.8 Å². The lowest BCUT2D eigenvalue weighted by molar-refractivity contribution is 0.0697. The van der Waals surface area contributed by atoms with Crippen molar-refractivity contribution in [3.63, 3.8) is 0 Å². The third-order valence-corrected chi connectivity index (χ3v) is 7.52. The van der Waals surface area contributed by atoms with Crippen LogP contribution in [0.1, 0.15) is 23.0 Å². The van der Waals surface area contributed by atoms with Gasteiger partial charge in [0.1, 0.15) is 11.6 Å². The van der Waals surface area contributed by atoms with Gasteiger partial charge in [0, 0.05) is 26.2 Å². The molecule has 0 radical (unpaired) electrons. The van der Waals surface area contributed by atoms with Crippen LogP contribution in [0.2, 0.25) is 0 Å². The van der Waals surface area contributed by atoms with E-state index in [4.69, 9.17) is 4.74 Å². The number of hydrogen-bond donors (Lipinski definition) is 0. The lowest BCUT2D eigenvalue weighted by atomic mass is 10.2. The van der Waals surface area contributed by atoms with E-state index in [-0.39, 0.29) is 42.8 Å². The van der Waals surface area contributed by atoms with Crippen molar-refractivity contribution in [1.29, 1.82) is 0 Å². The predicted octanol–water partition coefficient (Wildman–Crippen LogP) is 2.87. The number of rotatable bonds is 6. The Bertz CT molecular complexity index is 1230. The number of carbonyl (C=O) groups excluding carboxylic acids is 1. The van der Waals surface area contributed by atoms with Gasteiger partial charge in [0.15, 0.2) is 0 Å². The molecule has 0 unspecified atom stereocenters. The summed E-state index contributed by atoms with van der Waals surface area (Å²) in [5.74, 6) is 0.0558. The Labute approximate surface area is 192 Å². The molecule has 1 saturated heterocycles. The second-order valence-corrected chi connectivity index (χ2v) is 9.57. The highest BCUT2D eigenvalue weighted by molar-refractivity contribution is 7.89. The van der Waals surface area contributed by atoms with Crippen LogP contribution in [-0.4, -0.2) is 66.1 Å².